The summed E-state index contributed by atoms with van der Waals surface area (Å²) in [6.45, 7) is 7.99. The van der Waals surface area contributed by atoms with Gasteiger partial charge in [-0.15, -0.1) is 0 Å². The summed E-state index contributed by atoms with van der Waals surface area (Å²) >= 11 is 0. The van der Waals surface area contributed by atoms with E-state index in [-0.39, 0.29) is 11.8 Å². The molecule has 0 aliphatic rings. The smallest absolute Gasteiger partial charge is 0.164 e. The third-order valence-electron chi connectivity index (χ3n) is 2.87. The first-order valence-corrected chi connectivity index (χ1v) is 5.86. The molecule has 0 fully saturated rings. The maximum Gasteiger partial charge on any atom is 0.164 e. The zero-order valence-electron chi connectivity index (χ0n) is 10.7. The Balaban J connectivity index is 2.61. The number of aromatic hydroxyl groups is 1. The Morgan fingerprint density at radius 1 is 1.12 bits per heavy atom. The normalized spacial score (nSPS) is 11.1. The molecule has 2 aromatic rings. The van der Waals surface area contributed by atoms with Gasteiger partial charge in [0.15, 0.2) is 5.75 Å². The number of aromatic nitrogens is 2. The van der Waals surface area contributed by atoms with Crippen molar-refractivity contribution in [1.82, 2.24) is 9.78 Å². The average molecular weight is 230 g/mol. The number of aryl methyl sites for hydroxylation is 2. The van der Waals surface area contributed by atoms with Crippen molar-refractivity contribution < 1.29 is 5.11 Å². The van der Waals surface area contributed by atoms with Gasteiger partial charge in [-0.2, -0.15) is 5.10 Å². The lowest BCUT2D eigenvalue weighted by atomic mass is 10.1. The molecule has 90 valence electrons. The van der Waals surface area contributed by atoms with Gasteiger partial charge in [0, 0.05) is 11.6 Å². The van der Waals surface area contributed by atoms with Crippen LogP contribution in [0, 0.1) is 13.8 Å². The van der Waals surface area contributed by atoms with Crippen molar-refractivity contribution >= 4 is 0 Å². The Labute approximate surface area is 102 Å². The monoisotopic (exact) mass is 230 g/mol. The fraction of sp³-hybridized carbons (Fsp3) is 0.357. The van der Waals surface area contributed by atoms with E-state index in [0.29, 0.717) is 5.69 Å². The van der Waals surface area contributed by atoms with Crippen molar-refractivity contribution in [2.24, 2.45) is 0 Å². The van der Waals surface area contributed by atoms with Gasteiger partial charge >= 0.3 is 0 Å². The number of hydrogen-bond donors (Lipinski definition) is 1. The predicted molar refractivity (Wildman–Crippen MR) is 69.2 cm³/mol. The Morgan fingerprint density at radius 2 is 1.71 bits per heavy atom. The highest BCUT2D eigenvalue weighted by Crippen LogP contribution is 2.33. The van der Waals surface area contributed by atoms with Gasteiger partial charge in [0.2, 0.25) is 0 Å². The number of hydrogen-bond acceptors (Lipinski definition) is 2. The minimum Gasteiger partial charge on any atom is -0.504 e. The van der Waals surface area contributed by atoms with Crippen LogP contribution in [-0.2, 0) is 0 Å². The molecule has 0 spiro atoms. The highest BCUT2D eigenvalue weighted by atomic mass is 16.3. The second-order valence-electron chi connectivity index (χ2n) is 4.69. The molecule has 1 aromatic heterocycles. The molecule has 17 heavy (non-hydrogen) atoms. The molecule has 0 bridgehead atoms. The molecule has 2 rings (SSSR count). The lowest BCUT2D eigenvalue weighted by molar-refractivity contribution is 0.471. The van der Waals surface area contributed by atoms with E-state index in [0.717, 1.165) is 11.3 Å². The quantitative estimate of drug-likeness (QED) is 0.858. The van der Waals surface area contributed by atoms with Crippen LogP contribution in [-0.4, -0.2) is 14.9 Å². The van der Waals surface area contributed by atoms with E-state index in [4.69, 9.17) is 0 Å². The van der Waals surface area contributed by atoms with Crippen LogP contribution >= 0.6 is 0 Å². The summed E-state index contributed by atoms with van der Waals surface area (Å²) in [7, 11) is 0. The number of nitrogens with zero attached hydrogens (tertiary/aromatic N) is 2. The summed E-state index contributed by atoms with van der Waals surface area (Å²) in [5.41, 5.74) is 3.69. The molecule has 1 aromatic carbocycles. The van der Waals surface area contributed by atoms with E-state index in [2.05, 4.69) is 25.9 Å². The first kappa shape index (κ1) is 11.7. The van der Waals surface area contributed by atoms with Crippen molar-refractivity contribution in [3.05, 3.63) is 35.5 Å². The minimum atomic E-state index is 0.228. The van der Waals surface area contributed by atoms with Crippen molar-refractivity contribution in [3.8, 4) is 17.0 Å². The van der Waals surface area contributed by atoms with Crippen LogP contribution in [0.4, 0.5) is 0 Å². The minimum absolute atomic E-state index is 0.228. The SMILES string of the molecule is Cc1ccc(-c2c(O)c(C)nn2C(C)C)cc1. The third kappa shape index (κ3) is 2.05. The molecule has 0 saturated carbocycles. The summed E-state index contributed by atoms with van der Waals surface area (Å²) in [6, 6.07) is 8.35. The van der Waals surface area contributed by atoms with Gasteiger partial charge in [-0.1, -0.05) is 29.8 Å². The second kappa shape index (κ2) is 4.24. The van der Waals surface area contributed by atoms with Gasteiger partial charge in [0.1, 0.15) is 11.4 Å². The summed E-state index contributed by atoms with van der Waals surface area (Å²) in [5, 5.41) is 14.5. The van der Waals surface area contributed by atoms with Crippen LogP contribution in [0.5, 0.6) is 5.75 Å². The van der Waals surface area contributed by atoms with Crippen LogP contribution in [0.25, 0.3) is 11.3 Å². The van der Waals surface area contributed by atoms with E-state index in [1.807, 2.05) is 35.9 Å². The second-order valence-corrected chi connectivity index (χ2v) is 4.69. The number of rotatable bonds is 2. The van der Waals surface area contributed by atoms with Crippen molar-refractivity contribution in [3.63, 3.8) is 0 Å². The molecule has 0 saturated heterocycles. The van der Waals surface area contributed by atoms with E-state index in [9.17, 15) is 5.11 Å². The molecule has 0 atom stereocenters. The van der Waals surface area contributed by atoms with Crippen molar-refractivity contribution in [2.45, 2.75) is 33.7 Å². The summed E-state index contributed by atoms with van der Waals surface area (Å²) in [4.78, 5) is 0. The Hall–Kier alpha value is -1.77. The van der Waals surface area contributed by atoms with E-state index >= 15 is 0 Å². The zero-order chi connectivity index (χ0) is 12.6. The molecule has 1 heterocycles. The van der Waals surface area contributed by atoms with Crippen molar-refractivity contribution in [2.75, 3.05) is 0 Å². The Bertz CT molecular complexity index is 524. The fourth-order valence-electron chi connectivity index (χ4n) is 1.89. The molecule has 0 unspecified atom stereocenters. The molecule has 0 radical (unpaired) electrons. The molecular formula is C14H18N2O. The molecule has 3 nitrogen and oxygen atoms in total. The van der Waals surface area contributed by atoms with Gasteiger partial charge in [-0.25, -0.2) is 0 Å². The lowest BCUT2D eigenvalue weighted by Gasteiger charge is -2.11. The largest absolute Gasteiger partial charge is 0.504 e. The molecule has 3 heteroatoms. The summed E-state index contributed by atoms with van der Waals surface area (Å²) < 4.78 is 1.87. The zero-order valence-corrected chi connectivity index (χ0v) is 10.7. The highest BCUT2D eigenvalue weighted by molar-refractivity contribution is 5.68. The first-order chi connectivity index (χ1) is 8.00. The van der Waals surface area contributed by atoms with Gasteiger partial charge in [-0.05, 0) is 27.7 Å². The van der Waals surface area contributed by atoms with Crippen LogP contribution < -0.4 is 0 Å². The van der Waals surface area contributed by atoms with Crippen LogP contribution in [0.1, 0.15) is 31.1 Å². The van der Waals surface area contributed by atoms with E-state index in [1.165, 1.54) is 5.56 Å². The van der Waals surface area contributed by atoms with Crippen molar-refractivity contribution in [1.29, 1.82) is 0 Å². The standard InChI is InChI=1S/C14H18N2O/c1-9(2)16-13(14(17)11(4)15-16)12-7-5-10(3)6-8-12/h5-9,17H,1-4H3. The molecular weight excluding hydrogens is 212 g/mol. The summed E-state index contributed by atoms with van der Waals surface area (Å²) in [6.07, 6.45) is 0. The molecule has 0 aliphatic carbocycles. The van der Waals surface area contributed by atoms with E-state index < -0.39 is 0 Å². The maximum atomic E-state index is 10.1. The maximum absolute atomic E-state index is 10.1. The van der Waals surface area contributed by atoms with E-state index in [1.54, 1.807) is 0 Å². The van der Waals surface area contributed by atoms with Gasteiger partial charge < -0.3 is 5.11 Å². The predicted octanol–water partition coefficient (Wildman–Crippen LogP) is 3.45. The van der Waals surface area contributed by atoms with Crippen LogP contribution in [0.15, 0.2) is 24.3 Å². The van der Waals surface area contributed by atoms with Crippen LogP contribution in [0.2, 0.25) is 0 Å². The Kier molecular flexibility index (Phi) is 2.92. The summed E-state index contributed by atoms with van der Waals surface area (Å²) in [5.74, 6) is 0.280. The van der Waals surface area contributed by atoms with Gasteiger partial charge in [0.05, 0.1) is 0 Å². The van der Waals surface area contributed by atoms with Gasteiger partial charge in [0.25, 0.3) is 0 Å². The molecule has 0 aliphatic heterocycles. The lowest BCUT2D eigenvalue weighted by Crippen LogP contribution is -2.04. The third-order valence-corrected chi connectivity index (χ3v) is 2.87. The first-order valence-electron chi connectivity index (χ1n) is 5.86. The Morgan fingerprint density at radius 3 is 2.24 bits per heavy atom. The van der Waals surface area contributed by atoms with Gasteiger partial charge in [-0.3, -0.25) is 4.68 Å². The topological polar surface area (TPSA) is 38.1 Å². The molecule has 1 N–H and O–H groups in total. The average Bonchev–Trinajstić information content (AvgIpc) is 2.57. The molecule has 0 amide bonds. The highest BCUT2D eigenvalue weighted by Gasteiger charge is 2.17. The fourth-order valence-corrected chi connectivity index (χ4v) is 1.89. The number of benzene rings is 1. The van der Waals surface area contributed by atoms with Crippen LogP contribution in [0.3, 0.4) is 0 Å².